The molecule has 0 unspecified atom stereocenters. The summed E-state index contributed by atoms with van der Waals surface area (Å²) in [6, 6.07) is 67.3. The maximum absolute atomic E-state index is 6.57. The molecule has 64 heavy (non-hydrogen) atoms. The summed E-state index contributed by atoms with van der Waals surface area (Å²) in [6.45, 7) is 4.03. The molecule has 0 aliphatic carbocycles. The molecule has 0 radical (unpaired) electrons. The predicted octanol–water partition coefficient (Wildman–Crippen LogP) is 15.4. The molecular weight excluding hydrogens is 785 g/mol. The summed E-state index contributed by atoms with van der Waals surface area (Å²) in [6.07, 6.45) is 0. The third kappa shape index (κ3) is 6.78. The van der Waals surface area contributed by atoms with Gasteiger partial charge in [0.15, 0.2) is 11.6 Å². The van der Waals surface area contributed by atoms with E-state index in [0.29, 0.717) is 11.6 Å². The zero-order chi connectivity index (χ0) is 42.7. The molecule has 0 spiro atoms. The van der Waals surface area contributed by atoms with Crippen LogP contribution in [-0.4, -0.2) is 19.9 Å². The first-order valence-electron chi connectivity index (χ1n) is 21.4. The summed E-state index contributed by atoms with van der Waals surface area (Å²) >= 11 is 0. The van der Waals surface area contributed by atoms with Crippen molar-refractivity contribution in [3.63, 3.8) is 0 Å². The molecule has 12 aromatic rings. The maximum Gasteiger partial charge on any atom is 0.160 e. The fourth-order valence-corrected chi connectivity index (χ4v) is 8.85. The molecule has 0 bridgehead atoms. The van der Waals surface area contributed by atoms with Crippen LogP contribution in [0.5, 0.6) is 0 Å². The van der Waals surface area contributed by atoms with Crippen molar-refractivity contribution in [2.75, 3.05) is 0 Å². The largest absolute Gasteiger partial charge is 0.456 e. The lowest BCUT2D eigenvalue weighted by Crippen LogP contribution is -1.95. The molecule has 0 saturated heterocycles. The van der Waals surface area contributed by atoms with Gasteiger partial charge < -0.3 is 8.83 Å². The molecule has 6 nitrogen and oxygen atoms in total. The summed E-state index contributed by atoms with van der Waals surface area (Å²) in [5.41, 5.74) is 17.5. The van der Waals surface area contributed by atoms with Gasteiger partial charge in [-0.15, -0.1) is 0 Å². The molecule has 0 amide bonds. The Bertz CT molecular complexity index is 3750. The normalized spacial score (nSPS) is 11.6. The first kappa shape index (κ1) is 37.3. The number of rotatable bonds is 7. The van der Waals surface area contributed by atoms with Crippen molar-refractivity contribution in [2.24, 2.45) is 0 Å². The fraction of sp³-hybridized carbons (Fsp3) is 0.0345. The van der Waals surface area contributed by atoms with Gasteiger partial charge in [0, 0.05) is 55.2 Å². The minimum absolute atomic E-state index is 0.667. The first-order valence-corrected chi connectivity index (χ1v) is 21.4. The van der Waals surface area contributed by atoms with E-state index in [0.717, 1.165) is 111 Å². The number of nitrogens with zero attached hydrogens (tertiary/aromatic N) is 4. The number of fused-ring (bicyclic) bond motifs is 6. The highest BCUT2D eigenvalue weighted by molar-refractivity contribution is 6.07. The van der Waals surface area contributed by atoms with E-state index in [2.05, 4.69) is 152 Å². The molecular formula is C58H38N4O2. The van der Waals surface area contributed by atoms with Crippen molar-refractivity contribution in [2.45, 2.75) is 13.8 Å². The number of benzene rings is 8. The lowest BCUT2D eigenvalue weighted by Gasteiger charge is -2.10. The number of aryl methyl sites for hydroxylation is 2. The Balaban J connectivity index is 0.825. The van der Waals surface area contributed by atoms with Gasteiger partial charge in [0.1, 0.15) is 22.3 Å². The highest BCUT2D eigenvalue weighted by atomic mass is 16.3. The Hall–Kier alpha value is -8.48. The highest BCUT2D eigenvalue weighted by Crippen LogP contribution is 2.37. The Morgan fingerprint density at radius 2 is 0.656 bits per heavy atom. The second-order valence-corrected chi connectivity index (χ2v) is 16.4. The van der Waals surface area contributed by atoms with Crippen LogP contribution in [0, 0.1) is 13.8 Å². The third-order valence-electron chi connectivity index (χ3n) is 12.1. The minimum atomic E-state index is 0.667. The van der Waals surface area contributed by atoms with Crippen molar-refractivity contribution in [3.05, 3.63) is 206 Å². The fourth-order valence-electron chi connectivity index (χ4n) is 8.85. The van der Waals surface area contributed by atoms with Crippen LogP contribution in [-0.2, 0) is 0 Å². The van der Waals surface area contributed by atoms with Crippen molar-refractivity contribution < 1.29 is 8.83 Å². The lowest BCUT2D eigenvalue weighted by molar-refractivity contribution is 0.668. The van der Waals surface area contributed by atoms with E-state index in [1.165, 1.54) is 11.1 Å². The lowest BCUT2D eigenvalue weighted by atomic mass is 9.96. The summed E-state index contributed by atoms with van der Waals surface area (Å²) in [4.78, 5) is 19.8. The van der Waals surface area contributed by atoms with Gasteiger partial charge in [-0.3, -0.25) is 0 Å². The quantitative estimate of drug-likeness (QED) is 0.159. The summed E-state index contributed by atoms with van der Waals surface area (Å²) in [5.74, 6) is 1.34. The van der Waals surface area contributed by atoms with Gasteiger partial charge >= 0.3 is 0 Å². The number of hydrogen-bond acceptors (Lipinski definition) is 6. The van der Waals surface area contributed by atoms with Crippen LogP contribution < -0.4 is 0 Å². The van der Waals surface area contributed by atoms with Crippen molar-refractivity contribution in [3.8, 4) is 78.7 Å². The Kier molecular flexibility index (Phi) is 8.83. The molecule has 6 heteroatoms. The molecule has 302 valence electrons. The van der Waals surface area contributed by atoms with Crippen molar-refractivity contribution >= 4 is 43.9 Å². The van der Waals surface area contributed by atoms with Gasteiger partial charge in [-0.05, 0) is 114 Å². The molecule has 12 rings (SSSR count). The molecule has 8 aromatic carbocycles. The first-order chi connectivity index (χ1) is 31.5. The second-order valence-electron chi connectivity index (χ2n) is 16.4. The third-order valence-corrected chi connectivity index (χ3v) is 12.1. The van der Waals surface area contributed by atoms with Gasteiger partial charge in [-0.25, -0.2) is 19.9 Å². The smallest absolute Gasteiger partial charge is 0.160 e. The number of para-hydroxylation sites is 1. The van der Waals surface area contributed by atoms with Crippen LogP contribution in [0.1, 0.15) is 11.4 Å². The molecule has 0 atom stereocenters. The summed E-state index contributed by atoms with van der Waals surface area (Å²) in [5, 5.41) is 4.30. The molecule has 0 fully saturated rings. The molecule has 4 heterocycles. The van der Waals surface area contributed by atoms with E-state index in [1.54, 1.807) is 0 Å². The van der Waals surface area contributed by atoms with Crippen LogP contribution >= 0.6 is 0 Å². The topological polar surface area (TPSA) is 77.8 Å². The number of hydrogen-bond donors (Lipinski definition) is 0. The van der Waals surface area contributed by atoms with Crippen molar-refractivity contribution in [1.29, 1.82) is 0 Å². The van der Waals surface area contributed by atoms with E-state index in [-0.39, 0.29) is 0 Å². The average molecular weight is 823 g/mol. The Labute approximate surface area is 369 Å². The van der Waals surface area contributed by atoms with Crippen LogP contribution in [0.3, 0.4) is 0 Å². The van der Waals surface area contributed by atoms with Crippen LogP contribution in [0.25, 0.3) is 123 Å². The van der Waals surface area contributed by atoms with E-state index in [9.17, 15) is 0 Å². The molecule has 0 aliphatic heterocycles. The summed E-state index contributed by atoms with van der Waals surface area (Å²) < 4.78 is 12.8. The molecule has 0 aliphatic rings. The van der Waals surface area contributed by atoms with Crippen LogP contribution in [0.15, 0.2) is 203 Å². The monoisotopic (exact) mass is 822 g/mol. The van der Waals surface area contributed by atoms with Crippen LogP contribution in [0.2, 0.25) is 0 Å². The van der Waals surface area contributed by atoms with Gasteiger partial charge in [0.25, 0.3) is 0 Å². The molecule has 4 aromatic heterocycles. The number of aromatic nitrogens is 4. The van der Waals surface area contributed by atoms with E-state index >= 15 is 0 Å². The SMILES string of the molecule is Cc1cc(-c2cccc(-c3cccc(-c4ccc5c(c4)oc4cc(-c6nc(C)cc(-c7ccc(-c8ccccc8)cc7)n6)ccc45)c3)c2)nc(-c2ccc3c(c2)oc2ccccc23)n1. The van der Waals surface area contributed by atoms with Crippen molar-refractivity contribution in [1.82, 2.24) is 19.9 Å². The van der Waals surface area contributed by atoms with Gasteiger partial charge in [0.2, 0.25) is 0 Å². The van der Waals surface area contributed by atoms with E-state index < -0.39 is 0 Å². The zero-order valence-corrected chi connectivity index (χ0v) is 35.1. The predicted molar refractivity (Wildman–Crippen MR) is 260 cm³/mol. The molecule has 0 N–H and O–H groups in total. The van der Waals surface area contributed by atoms with E-state index in [4.69, 9.17) is 28.8 Å². The molecule has 0 saturated carbocycles. The van der Waals surface area contributed by atoms with E-state index in [1.807, 2.05) is 56.3 Å². The Morgan fingerprint density at radius 1 is 0.266 bits per heavy atom. The minimum Gasteiger partial charge on any atom is -0.456 e. The average Bonchev–Trinajstić information content (AvgIpc) is 3.91. The van der Waals surface area contributed by atoms with Gasteiger partial charge in [0.05, 0.1) is 11.4 Å². The van der Waals surface area contributed by atoms with Crippen LogP contribution in [0.4, 0.5) is 0 Å². The maximum atomic E-state index is 6.57. The number of furan rings is 2. The van der Waals surface area contributed by atoms with Gasteiger partial charge in [-0.2, -0.15) is 0 Å². The standard InChI is InChI=1S/C58H38N4O2/c1-35-28-51(39-20-18-38(19-21-39)37-10-4-3-5-11-37)61-57(59-35)46-24-27-50-49-25-22-43(32-54(49)64-56(50)34-46)41-13-8-12-40(30-41)42-14-9-15-44(31-42)52-29-36(2)60-58(62-52)45-23-26-48-47-16-6-7-17-53(47)63-55(48)33-45/h3-34H,1-2H3. The highest BCUT2D eigenvalue weighted by Gasteiger charge is 2.15. The Morgan fingerprint density at radius 3 is 1.27 bits per heavy atom. The second kappa shape index (κ2) is 15.2. The summed E-state index contributed by atoms with van der Waals surface area (Å²) in [7, 11) is 0. The van der Waals surface area contributed by atoms with Gasteiger partial charge in [-0.1, -0.05) is 127 Å². The zero-order valence-electron chi connectivity index (χ0n) is 35.1.